The van der Waals surface area contributed by atoms with Gasteiger partial charge in [-0.05, 0) is 5.57 Å². The molecule has 3 atom stereocenters. The number of allylic oxidation sites excluding steroid dienone is 6. The Morgan fingerprint density at radius 1 is 1.43 bits per heavy atom. The fraction of sp³-hybridized carbons (Fsp3) is 0.542. The summed E-state index contributed by atoms with van der Waals surface area (Å²) in [5, 5.41) is 6.11. The van der Waals surface area contributed by atoms with Gasteiger partial charge in [0.25, 0.3) is 0 Å². The standard InChI is InChI=1S/C24H31ClF2I2N4O2/c1-14(10-26)23(25)18(27)8-15(2)32-6-7-33(16(3)12-32)13-22(35)30-20-9-17-4-5-21(34)31-24-19(11-28-20)29(17)24/h8-9,16,19,24H,1,4-7,10-13H2,2-3H3,(H,30,35)(H,31,34)/b15-8+,23-18-/t16-,19?,24?/m1/s1. The van der Waals surface area contributed by atoms with Crippen LogP contribution < -0.4 is 10.6 Å². The molecule has 11 heteroatoms. The summed E-state index contributed by atoms with van der Waals surface area (Å²) in [5.74, 6) is -0.507. The van der Waals surface area contributed by atoms with E-state index in [0.717, 1.165) is 14.5 Å². The molecule has 2 amide bonds. The monoisotopic (exact) mass is 734 g/mol. The molecular formula is C24H31ClF2I2N4O2. The molecule has 0 aliphatic carbocycles. The number of nitrogens with one attached hydrogen (secondary N) is 2. The molecule has 0 aromatic carbocycles. The number of alkyl halides is 4. The molecule has 4 aliphatic rings. The van der Waals surface area contributed by atoms with Crippen LogP contribution in [0.4, 0.5) is 8.78 Å². The van der Waals surface area contributed by atoms with E-state index >= 15 is 0 Å². The number of piperazine rings is 1. The van der Waals surface area contributed by atoms with Gasteiger partial charge in [-0.25, -0.2) is 8.78 Å². The van der Waals surface area contributed by atoms with E-state index < -0.39 is 32.3 Å². The Balaban J connectivity index is 1.31. The molecule has 0 bridgehead atoms. The third-order valence-corrected chi connectivity index (χ3v) is 18.6. The molecule has 2 unspecified atom stereocenters. The summed E-state index contributed by atoms with van der Waals surface area (Å²) in [4.78, 5) is 29.0. The summed E-state index contributed by atoms with van der Waals surface area (Å²) in [5.41, 5.74) is 0.623. The van der Waals surface area contributed by atoms with Crippen molar-refractivity contribution in [2.45, 2.75) is 40.7 Å². The van der Waals surface area contributed by atoms with Crippen LogP contribution in [0.1, 0.15) is 26.7 Å². The van der Waals surface area contributed by atoms with Crippen molar-refractivity contribution in [2.75, 3.05) is 37.3 Å². The predicted octanol–water partition coefficient (Wildman–Crippen LogP) is 4.08. The van der Waals surface area contributed by atoms with Crippen LogP contribution in [0.15, 0.2) is 44.4 Å². The summed E-state index contributed by atoms with van der Waals surface area (Å²) >= 11 is 4.35. The van der Waals surface area contributed by atoms with E-state index in [1.165, 1.54) is 9.66 Å². The second kappa shape index (κ2) is 11.7. The molecule has 35 heavy (non-hydrogen) atoms. The molecule has 0 aromatic rings. The summed E-state index contributed by atoms with van der Waals surface area (Å²) in [6.45, 7) is 8.69. The molecule has 0 spiro atoms. The molecule has 4 heterocycles. The summed E-state index contributed by atoms with van der Waals surface area (Å²) < 4.78 is 31.9. The third-order valence-electron chi connectivity index (χ3n) is 6.51. The molecule has 0 saturated carbocycles. The minimum absolute atomic E-state index is 0.00774. The Morgan fingerprint density at radius 3 is 2.91 bits per heavy atom. The van der Waals surface area contributed by atoms with Gasteiger partial charge in [-0.3, -0.25) is 0 Å². The first-order valence-corrected chi connectivity index (χ1v) is 18.1. The first-order valence-electron chi connectivity index (χ1n) is 11.6. The number of hydrogen-bond acceptors (Lipinski definition) is 4. The Kier molecular flexibility index (Phi) is 9.07. The van der Waals surface area contributed by atoms with Gasteiger partial charge < -0.3 is 0 Å². The number of hydrogen-bond donors (Lipinski definition) is 2. The maximum atomic E-state index is 14.3. The molecule has 2 N–H and O–H groups in total. The zero-order valence-electron chi connectivity index (χ0n) is 19.9. The summed E-state index contributed by atoms with van der Waals surface area (Å²) in [6, 6.07) is 0.106. The van der Waals surface area contributed by atoms with Crippen molar-refractivity contribution >= 4 is 67.6 Å². The fourth-order valence-corrected chi connectivity index (χ4v) is 19.3. The Bertz CT molecular complexity index is 1040. The molecule has 4 aliphatic heterocycles. The van der Waals surface area contributed by atoms with Gasteiger partial charge in [0.2, 0.25) is 0 Å². The van der Waals surface area contributed by atoms with Crippen molar-refractivity contribution in [3.8, 4) is 0 Å². The quantitative estimate of drug-likeness (QED) is 0.179. The van der Waals surface area contributed by atoms with Gasteiger partial charge in [-0.1, -0.05) is 18.2 Å². The molecule has 3 fully saturated rings. The SMILES string of the molecule is C=C(CF)/C(Cl)=C(F)\C=C(/C)N1CCN(CC(=O)NC2=ICC3C4NC(=O)CCC(=C2)I34)[C@H](C)C1. The van der Waals surface area contributed by atoms with E-state index in [1.54, 1.807) is 6.92 Å². The van der Waals surface area contributed by atoms with Gasteiger partial charge in [-0.2, -0.15) is 0 Å². The molecule has 194 valence electrons. The number of halogens is 5. The van der Waals surface area contributed by atoms with E-state index in [2.05, 4.69) is 35.1 Å². The third kappa shape index (κ3) is 6.53. The van der Waals surface area contributed by atoms with E-state index in [-0.39, 0.29) is 49.2 Å². The Hall–Kier alpha value is -0.860. The summed E-state index contributed by atoms with van der Waals surface area (Å²) in [6.07, 6.45) is 4.96. The zero-order valence-corrected chi connectivity index (χ0v) is 24.9. The van der Waals surface area contributed by atoms with Gasteiger partial charge >= 0.3 is 179 Å². The van der Waals surface area contributed by atoms with Gasteiger partial charge in [0, 0.05) is 0 Å². The van der Waals surface area contributed by atoms with Gasteiger partial charge in [0.05, 0.1) is 5.03 Å². The normalized spacial score (nSPS) is 28.8. The maximum absolute atomic E-state index is 14.3. The first-order chi connectivity index (χ1) is 16.7. The van der Waals surface area contributed by atoms with E-state index in [9.17, 15) is 18.4 Å². The van der Waals surface area contributed by atoms with Crippen LogP contribution in [0, 0.1) is 0 Å². The van der Waals surface area contributed by atoms with Crippen LogP contribution in [0.5, 0.6) is 0 Å². The van der Waals surface area contributed by atoms with Crippen LogP contribution in [0.25, 0.3) is 0 Å². The fourth-order valence-electron chi connectivity index (χ4n) is 4.43. The van der Waals surface area contributed by atoms with Crippen molar-refractivity contribution in [1.29, 1.82) is 0 Å². The van der Waals surface area contributed by atoms with Gasteiger partial charge in [0.1, 0.15) is 12.5 Å². The van der Waals surface area contributed by atoms with Gasteiger partial charge in [-0.15, -0.1) is 0 Å². The Labute approximate surface area is 227 Å². The molecule has 4 rings (SSSR count). The van der Waals surface area contributed by atoms with Crippen molar-refractivity contribution in [1.82, 2.24) is 20.4 Å². The molecular weight excluding hydrogens is 704 g/mol. The van der Waals surface area contributed by atoms with Crippen molar-refractivity contribution < 1.29 is 18.4 Å². The van der Waals surface area contributed by atoms with Crippen molar-refractivity contribution in [2.24, 2.45) is 0 Å². The molecule has 6 nitrogen and oxygen atoms in total. The second-order valence-electron chi connectivity index (χ2n) is 9.06. The average molecular weight is 735 g/mol. The predicted molar refractivity (Wildman–Crippen MR) is 155 cm³/mol. The molecule has 3 saturated heterocycles. The number of fused-ring (bicyclic) bond motifs is 1. The van der Waals surface area contributed by atoms with Crippen molar-refractivity contribution in [3.05, 3.63) is 44.4 Å². The van der Waals surface area contributed by atoms with Crippen molar-refractivity contribution in [3.63, 3.8) is 0 Å². The van der Waals surface area contributed by atoms with Crippen LogP contribution in [0.2, 0.25) is 0 Å². The minimum atomic E-state index is -1.24. The number of amides is 2. The summed E-state index contributed by atoms with van der Waals surface area (Å²) in [7, 11) is 0. The van der Waals surface area contributed by atoms with Crippen LogP contribution in [-0.4, -0.2) is 76.5 Å². The first kappa shape index (κ1) is 27.2. The zero-order chi connectivity index (χ0) is 25.3. The van der Waals surface area contributed by atoms with Gasteiger partial charge in [0.15, 0.2) is 0 Å². The topological polar surface area (TPSA) is 64.7 Å². The average Bonchev–Trinajstić information content (AvgIpc) is 3.56. The molecule has 0 aromatic heterocycles. The van der Waals surface area contributed by atoms with Crippen LogP contribution >= 0.6 is 52.2 Å². The van der Waals surface area contributed by atoms with Crippen LogP contribution in [0.3, 0.4) is 0 Å². The number of rotatable bonds is 7. The Morgan fingerprint density at radius 2 is 2.20 bits per heavy atom. The number of carbonyl (C=O) groups is 2. The van der Waals surface area contributed by atoms with E-state index in [4.69, 9.17) is 11.6 Å². The van der Waals surface area contributed by atoms with Crippen LogP contribution in [-0.2, 0) is 9.59 Å². The molecule has 0 radical (unpaired) electrons. The number of nitrogens with zero attached hydrogens (tertiary/aromatic N) is 2. The van der Waals surface area contributed by atoms with E-state index in [0.29, 0.717) is 46.3 Å². The number of carbonyl (C=O) groups excluding carboxylic acids is 2. The second-order valence-corrected chi connectivity index (χ2v) is 18.5. The van der Waals surface area contributed by atoms with E-state index in [1.807, 2.05) is 4.90 Å².